The molecule has 1 unspecified atom stereocenters. The standard InChI is InChI=1S/C42H52N4O4/c1-6-7-12-34(29-50-39-20-18-37(19-21-39)46-41(48)44-27-35-23-30(2)16-17-31(35)3)24-32(4)40-26-36(28-43-40)42(5,49)45-22-11-15-38(47)25-33-13-9-8-10-14-33/h6-7,12-13,16-21,23-24,26,28,43,45,49H,1,4,8-11,14-15,22,25,27,29H2,2-3,5H3,(H2,44,46,48)/b12-7-,34-24+. The molecule has 0 saturated heterocycles. The minimum absolute atomic E-state index is 0.259. The maximum atomic E-state index is 12.5. The molecule has 0 spiro atoms. The van der Waals surface area contributed by atoms with Gasteiger partial charge >= 0.3 is 6.03 Å². The Kier molecular flexibility index (Phi) is 14.2. The zero-order valence-corrected chi connectivity index (χ0v) is 29.7. The van der Waals surface area contributed by atoms with Gasteiger partial charge in [-0.1, -0.05) is 66.8 Å². The lowest BCUT2D eigenvalue weighted by Gasteiger charge is -2.24. The Labute approximate surface area is 297 Å². The van der Waals surface area contributed by atoms with E-state index < -0.39 is 5.72 Å². The number of carbonyl (C=O) groups is 2. The van der Waals surface area contributed by atoms with Gasteiger partial charge in [-0.2, -0.15) is 0 Å². The Bertz CT molecular complexity index is 1730. The van der Waals surface area contributed by atoms with Crippen LogP contribution in [0, 0.1) is 13.8 Å². The van der Waals surface area contributed by atoms with E-state index in [1.165, 1.54) is 18.4 Å². The molecule has 8 nitrogen and oxygen atoms in total. The van der Waals surface area contributed by atoms with Gasteiger partial charge in [-0.05, 0) is 118 Å². The number of hydrogen-bond donors (Lipinski definition) is 5. The molecule has 0 fully saturated rings. The normalized spacial score (nSPS) is 14.5. The predicted molar refractivity (Wildman–Crippen MR) is 204 cm³/mol. The number of ketones is 1. The molecule has 1 aliphatic carbocycles. The van der Waals surface area contributed by atoms with Crippen molar-refractivity contribution < 1.29 is 19.4 Å². The minimum atomic E-state index is -1.27. The van der Waals surface area contributed by atoms with Crippen LogP contribution in [-0.4, -0.2) is 35.1 Å². The van der Waals surface area contributed by atoms with E-state index in [4.69, 9.17) is 4.74 Å². The molecule has 0 bridgehead atoms. The lowest BCUT2D eigenvalue weighted by Crippen LogP contribution is -2.39. The number of anilines is 1. The number of carbonyl (C=O) groups excluding carboxylic acids is 2. The molecule has 1 heterocycles. The zero-order chi connectivity index (χ0) is 35.9. The smallest absolute Gasteiger partial charge is 0.319 e. The van der Waals surface area contributed by atoms with Gasteiger partial charge in [0, 0.05) is 42.5 Å². The highest BCUT2D eigenvalue weighted by atomic mass is 16.5. The second-order valence-electron chi connectivity index (χ2n) is 13.1. The average molecular weight is 677 g/mol. The number of aromatic nitrogens is 1. The molecule has 4 rings (SSSR count). The summed E-state index contributed by atoms with van der Waals surface area (Å²) in [6, 6.07) is 15.0. The molecule has 3 aromatic rings. The van der Waals surface area contributed by atoms with E-state index in [2.05, 4.69) is 58.4 Å². The molecule has 0 radical (unpaired) electrons. The number of aliphatic hydroxyl groups is 1. The summed E-state index contributed by atoms with van der Waals surface area (Å²) in [7, 11) is 0. The van der Waals surface area contributed by atoms with Crippen LogP contribution in [0.4, 0.5) is 10.5 Å². The van der Waals surface area contributed by atoms with Crippen molar-refractivity contribution in [2.75, 3.05) is 18.5 Å². The fourth-order valence-electron chi connectivity index (χ4n) is 5.76. The maximum Gasteiger partial charge on any atom is 0.319 e. The lowest BCUT2D eigenvalue weighted by atomic mass is 9.94. The number of urea groups is 1. The van der Waals surface area contributed by atoms with Crippen LogP contribution in [0.1, 0.15) is 79.8 Å². The quantitative estimate of drug-likeness (QED) is 0.0400. The Morgan fingerprint density at radius 1 is 1.10 bits per heavy atom. The van der Waals surface area contributed by atoms with Crippen molar-refractivity contribution in [3.05, 3.63) is 137 Å². The highest BCUT2D eigenvalue weighted by molar-refractivity contribution is 5.89. The number of Topliss-reactive ketones (excluding diaryl/α,β-unsaturated/α-hetero) is 1. The summed E-state index contributed by atoms with van der Waals surface area (Å²) < 4.78 is 6.05. The topological polar surface area (TPSA) is 115 Å². The summed E-state index contributed by atoms with van der Waals surface area (Å²) in [5.74, 6) is 0.905. The number of amides is 2. The second kappa shape index (κ2) is 18.7. The molecule has 2 aromatic carbocycles. The number of hydrogen-bond acceptors (Lipinski definition) is 5. The molecule has 0 aliphatic heterocycles. The fraction of sp³-hybridized carbons (Fsp3) is 0.333. The van der Waals surface area contributed by atoms with Crippen molar-refractivity contribution in [1.29, 1.82) is 0 Å². The van der Waals surface area contributed by atoms with Crippen molar-refractivity contribution in [1.82, 2.24) is 15.6 Å². The summed E-state index contributed by atoms with van der Waals surface area (Å²) in [4.78, 5) is 28.1. The Balaban J connectivity index is 1.26. The number of aromatic amines is 1. The number of rotatable bonds is 18. The van der Waals surface area contributed by atoms with Crippen LogP contribution in [0.3, 0.4) is 0 Å². The number of nitrogens with one attached hydrogen (secondary N) is 4. The van der Waals surface area contributed by atoms with Gasteiger partial charge in [-0.3, -0.25) is 10.1 Å². The maximum absolute atomic E-state index is 12.5. The van der Waals surface area contributed by atoms with Gasteiger partial charge in [0.05, 0.1) is 0 Å². The highest BCUT2D eigenvalue weighted by Crippen LogP contribution is 2.25. The summed E-state index contributed by atoms with van der Waals surface area (Å²) >= 11 is 0. The number of benzene rings is 2. The average Bonchev–Trinajstić information content (AvgIpc) is 3.61. The van der Waals surface area contributed by atoms with Crippen molar-refractivity contribution in [3.8, 4) is 5.75 Å². The molecule has 1 aromatic heterocycles. The second-order valence-corrected chi connectivity index (χ2v) is 13.1. The lowest BCUT2D eigenvalue weighted by molar-refractivity contribution is -0.118. The van der Waals surface area contributed by atoms with Crippen LogP contribution < -0.4 is 20.7 Å². The number of allylic oxidation sites excluding steroid dienone is 6. The summed E-state index contributed by atoms with van der Waals surface area (Å²) in [5, 5.41) is 20.1. The van der Waals surface area contributed by atoms with E-state index >= 15 is 0 Å². The third-order valence-electron chi connectivity index (χ3n) is 8.77. The molecule has 50 heavy (non-hydrogen) atoms. The number of H-pyrrole nitrogens is 1. The van der Waals surface area contributed by atoms with Gasteiger partial charge in [0.1, 0.15) is 23.9 Å². The Morgan fingerprint density at radius 2 is 1.90 bits per heavy atom. The number of ether oxygens (including phenoxy) is 1. The Morgan fingerprint density at radius 3 is 2.64 bits per heavy atom. The van der Waals surface area contributed by atoms with E-state index in [0.29, 0.717) is 54.9 Å². The molecule has 8 heteroatoms. The minimum Gasteiger partial charge on any atom is -0.489 e. The molecule has 264 valence electrons. The van der Waals surface area contributed by atoms with Crippen molar-refractivity contribution in [3.63, 3.8) is 0 Å². The summed E-state index contributed by atoms with van der Waals surface area (Å²) in [6.07, 6.45) is 17.6. The van der Waals surface area contributed by atoms with E-state index in [0.717, 1.165) is 40.8 Å². The first kappa shape index (κ1) is 37.9. The first-order chi connectivity index (χ1) is 24.0. The zero-order valence-electron chi connectivity index (χ0n) is 29.7. The predicted octanol–water partition coefficient (Wildman–Crippen LogP) is 8.71. The van der Waals surface area contributed by atoms with Crippen molar-refractivity contribution >= 4 is 23.1 Å². The van der Waals surface area contributed by atoms with E-state index in [1.54, 1.807) is 43.5 Å². The molecule has 1 atom stereocenters. The van der Waals surface area contributed by atoms with Gasteiger partial charge in [0.2, 0.25) is 0 Å². The van der Waals surface area contributed by atoms with E-state index in [1.807, 2.05) is 38.1 Å². The molecular formula is C42H52N4O4. The first-order valence-corrected chi connectivity index (χ1v) is 17.4. The third kappa shape index (κ3) is 12.2. The molecular weight excluding hydrogens is 624 g/mol. The van der Waals surface area contributed by atoms with E-state index in [-0.39, 0.29) is 18.4 Å². The summed E-state index contributed by atoms with van der Waals surface area (Å²) in [5.41, 5.74) is 7.04. The van der Waals surface area contributed by atoms with Crippen LogP contribution >= 0.6 is 0 Å². The highest BCUT2D eigenvalue weighted by Gasteiger charge is 2.24. The molecule has 1 aliphatic rings. The molecule has 2 amide bonds. The van der Waals surface area contributed by atoms with Crippen LogP contribution in [0.15, 0.2) is 109 Å². The van der Waals surface area contributed by atoms with Gasteiger partial charge in [-0.15, -0.1) is 0 Å². The van der Waals surface area contributed by atoms with Gasteiger partial charge in [0.15, 0.2) is 0 Å². The van der Waals surface area contributed by atoms with Crippen LogP contribution in [0.2, 0.25) is 0 Å². The fourth-order valence-corrected chi connectivity index (χ4v) is 5.76. The van der Waals surface area contributed by atoms with Crippen molar-refractivity contribution in [2.24, 2.45) is 0 Å². The molecule has 5 N–H and O–H groups in total. The van der Waals surface area contributed by atoms with E-state index in [9.17, 15) is 14.7 Å². The van der Waals surface area contributed by atoms with Crippen LogP contribution in [-0.2, 0) is 17.1 Å². The first-order valence-electron chi connectivity index (χ1n) is 17.4. The van der Waals surface area contributed by atoms with Crippen molar-refractivity contribution in [2.45, 2.75) is 78.0 Å². The largest absolute Gasteiger partial charge is 0.489 e. The Hall–Kier alpha value is -4.92. The summed E-state index contributed by atoms with van der Waals surface area (Å²) in [6.45, 7) is 15.0. The number of aryl methyl sites for hydroxylation is 2. The monoisotopic (exact) mass is 676 g/mol. The van der Waals surface area contributed by atoms with Gasteiger partial charge < -0.3 is 25.5 Å². The van der Waals surface area contributed by atoms with Gasteiger partial charge in [0.25, 0.3) is 0 Å². The SMILES string of the molecule is C=C/C=C\C(=C/C(=C)c1cc(C(C)(O)NCCCC(=O)CC2=CCCCC2)c[nH]1)COc1ccc(NC(=O)NCc2cc(C)ccc2C)cc1. The van der Waals surface area contributed by atoms with Crippen LogP contribution in [0.5, 0.6) is 5.75 Å². The van der Waals surface area contributed by atoms with Crippen LogP contribution in [0.25, 0.3) is 5.57 Å². The third-order valence-corrected chi connectivity index (χ3v) is 8.77. The molecule has 0 saturated carbocycles. The van der Waals surface area contributed by atoms with Gasteiger partial charge in [-0.25, -0.2) is 4.79 Å².